The number of aliphatic hydroxyl groups is 1. The average Bonchev–Trinajstić information content (AvgIpc) is 3.83. The normalized spacial score (nSPS) is 27.9. The van der Waals surface area contributed by atoms with Crippen LogP contribution in [-0.4, -0.2) is 17.3 Å². The molecule has 0 heterocycles. The molecule has 56 heavy (non-hydrogen) atoms. The number of aliphatic hydroxyl groups excluding tert-OH is 1. The van der Waals surface area contributed by atoms with Gasteiger partial charge in [0.05, 0.1) is 6.10 Å². The molecule has 2 nitrogen and oxygen atoms in total. The van der Waals surface area contributed by atoms with Crippen LogP contribution in [0.2, 0.25) is 0 Å². The summed E-state index contributed by atoms with van der Waals surface area (Å²) in [5.41, 5.74) is 15.9. The largest absolute Gasteiger partial charge is 0.393 e. The number of hydrogen-bond acceptors (Lipinski definition) is 2. The van der Waals surface area contributed by atoms with Crippen molar-refractivity contribution in [2.24, 2.45) is 57.5 Å². The van der Waals surface area contributed by atoms with Crippen molar-refractivity contribution in [3.8, 4) is 11.1 Å². The quantitative estimate of drug-likeness (QED) is 0.213. The van der Waals surface area contributed by atoms with Gasteiger partial charge < -0.3 is 10.8 Å². The van der Waals surface area contributed by atoms with E-state index in [4.69, 9.17) is 5.73 Å². The third-order valence-corrected chi connectivity index (χ3v) is 14.7. The molecule has 2 saturated carbocycles. The summed E-state index contributed by atoms with van der Waals surface area (Å²) in [6.45, 7) is 28.5. The Labute approximate surface area is 347 Å². The van der Waals surface area contributed by atoms with E-state index in [0.29, 0.717) is 34.5 Å². The van der Waals surface area contributed by atoms with E-state index >= 15 is 0 Å². The number of allylic oxidation sites excluding steroid dienone is 2. The van der Waals surface area contributed by atoms with Crippen molar-refractivity contribution in [2.75, 3.05) is 0 Å². The monoisotopic (exact) mass is 768 g/mol. The number of rotatable bonds is 13. The second-order valence-electron chi connectivity index (χ2n) is 22.3. The summed E-state index contributed by atoms with van der Waals surface area (Å²) in [5.74, 6) is 3.77. The molecular weight excluding hydrogens is 679 g/mol. The zero-order valence-corrected chi connectivity index (χ0v) is 38.8. The summed E-state index contributed by atoms with van der Waals surface area (Å²) in [4.78, 5) is 0. The molecule has 0 amide bonds. The van der Waals surface area contributed by atoms with E-state index in [2.05, 4.69) is 132 Å². The van der Waals surface area contributed by atoms with E-state index in [1.807, 2.05) is 0 Å². The van der Waals surface area contributed by atoms with Gasteiger partial charge in [-0.2, -0.15) is 0 Å². The Bertz CT molecular complexity index is 1490. The molecule has 0 aromatic heterocycles. The van der Waals surface area contributed by atoms with Gasteiger partial charge in [0.1, 0.15) is 0 Å². The molecule has 316 valence electrons. The van der Waals surface area contributed by atoms with Crippen LogP contribution in [0, 0.1) is 51.8 Å². The van der Waals surface area contributed by atoms with Crippen molar-refractivity contribution in [1.82, 2.24) is 0 Å². The smallest absolute Gasteiger partial charge is 0.0574 e. The fourth-order valence-corrected chi connectivity index (χ4v) is 11.2. The fourth-order valence-electron chi connectivity index (χ4n) is 11.2. The maximum absolute atomic E-state index is 12.4. The zero-order chi connectivity index (χ0) is 41.3. The van der Waals surface area contributed by atoms with Crippen LogP contribution in [-0.2, 0) is 6.42 Å². The standard InChI is InChI=1S/C54H89NO/c1-13-43(25-24-39(3)41(5)47-21-19-22-48(33-47)45-28-26-44(27-29-45)35-53(10,11)12)32-49-31-40(4)46(30-38(2)34-52(7,8)9)20-17-15-14-16-18-23-50-36-54(50,42(6)55)37-51(49)56/h19,21-22,26-29,33,38,40,42-43,46,49-51,56H,13-18,20,23-25,30-32,34-37,55H2,1-12H3/b41-39+/t38-,40?,42?,43?,46?,49-,50?,51?,54+/m0/s1. The van der Waals surface area contributed by atoms with Crippen LogP contribution >= 0.6 is 0 Å². The molecule has 0 radical (unpaired) electrons. The maximum Gasteiger partial charge on any atom is 0.0574 e. The zero-order valence-electron chi connectivity index (χ0n) is 38.8. The highest BCUT2D eigenvalue weighted by Crippen LogP contribution is 2.61. The Balaban J connectivity index is 1.51. The van der Waals surface area contributed by atoms with E-state index in [9.17, 15) is 5.11 Å². The highest BCUT2D eigenvalue weighted by atomic mass is 16.3. The van der Waals surface area contributed by atoms with Crippen molar-refractivity contribution < 1.29 is 5.11 Å². The highest BCUT2D eigenvalue weighted by Gasteiger charge is 2.56. The van der Waals surface area contributed by atoms with Crippen LogP contribution in [0.4, 0.5) is 0 Å². The minimum absolute atomic E-state index is 0.142. The molecule has 0 bridgehead atoms. The van der Waals surface area contributed by atoms with Crippen molar-refractivity contribution in [1.29, 1.82) is 0 Å². The van der Waals surface area contributed by atoms with Gasteiger partial charge in [-0.1, -0.05) is 155 Å². The lowest BCUT2D eigenvalue weighted by atomic mass is 9.71. The molecular formula is C54H89NO. The molecule has 0 spiro atoms. The summed E-state index contributed by atoms with van der Waals surface area (Å²) in [5, 5.41) is 12.4. The first-order valence-corrected chi connectivity index (χ1v) is 23.6. The molecule has 4 rings (SSSR count). The highest BCUT2D eigenvalue weighted by molar-refractivity contribution is 5.73. The SMILES string of the molecule is CCC(CC/C(C)=C(\C)c1cccc(-c2ccc(CC(C)(C)C)cc2)c1)C[C@@H]1CC(C)C(C[C@H](C)CC(C)(C)C)CCCCCCCC2C[C@]2(C(C)N)CC1O. The van der Waals surface area contributed by atoms with Crippen molar-refractivity contribution in [3.05, 3.63) is 65.2 Å². The van der Waals surface area contributed by atoms with Gasteiger partial charge in [0.25, 0.3) is 0 Å². The Morgan fingerprint density at radius 2 is 1.48 bits per heavy atom. The van der Waals surface area contributed by atoms with Crippen molar-refractivity contribution >= 4 is 5.57 Å². The lowest BCUT2D eigenvalue weighted by molar-refractivity contribution is 0.0370. The van der Waals surface area contributed by atoms with Crippen molar-refractivity contribution in [3.63, 3.8) is 0 Å². The Morgan fingerprint density at radius 3 is 2.11 bits per heavy atom. The molecule has 9 atom stereocenters. The van der Waals surface area contributed by atoms with E-state index in [-0.39, 0.29) is 17.6 Å². The number of fused-ring (bicyclic) bond motifs is 1. The summed E-state index contributed by atoms with van der Waals surface area (Å²) in [6.07, 6.45) is 20.8. The predicted octanol–water partition coefficient (Wildman–Crippen LogP) is 15.5. The van der Waals surface area contributed by atoms with Gasteiger partial charge in [0.15, 0.2) is 0 Å². The summed E-state index contributed by atoms with van der Waals surface area (Å²) in [6, 6.07) is 18.5. The Morgan fingerprint density at radius 1 is 0.821 bits per heavy atom. The molecule has 2 fully saturated rings. The molecule has 2 aromatic rings. The van der Waals surface area contributed by atoms with Gasteiger partial charge in [0, 0.05) is 6.04 Å². The molecule has 2 aliphatic carbocycles. The summed E-state index contributed by atoms with van der Waals surface area (Å²) < 4.78 is 0. The van der Waals surface area contributed by atoms with Crippen LogP contribution in [0.5, 0.6) is 0 Å². The van der Waals surface area contributed by atoms with Gasteiger partial charge in [-0.15, -0.1) is 0 Å². The number of hydrogen-bond donors (Lipinski definition) is 2. The number of benzene rings is 2. The fraction of sp³-hybridized carbons (Fsp3) is 0.741. The van der Waals surface area contributed by atoms with Gasteiger partial charge in [-0.25, -0.2) is 0 Å². The first kappa shape index (κ1) is 46.8. The minimum Gasteiger partial charge on any atom is -0.393 e. The average molecular weight is 768 g/mol. The lowest BCUT2D eigenvalue weighted by Gasteiger charge is -2.36. The third-order valence-electron chi connectivity index (χ3n) is 14.7. The predicted molar refractivity (Wildman–Crippen MR) is 247 cm³/mol. The third kappa shape index (κ3) is 14.4. The van der Waals surface area contributed by atoms with E-state index in [1.54, 1.807) is 0 Å². The Hall–Kier alpha value is -1.90. The van der Waals surface area contributed by atoms with E-state index in [1.165, 1.54) is 110 Å². The minimum atomic E-state index is -0.260. The molecule has 2 heteroatoms. The maximum atomic E-state index is 12.4. The summed E-state index contributed by atoms with van der Waals surface area (Å²) in [7, 11) is 0. The first-order chi connectivity index (χ1) is 26.3. The topological polar surface area (TPSA) is 46.2 Å². The van der Waals surface area contributed by atoms with Crippen LogP contribution in [0.25, 0.3) is 16.7 Å². The van der Waals surface area contributed by atoms with Gasteiger partial charge in [-0.3, -0.25) is 0 Å². The first-order valence-electron chi connectivity index (χ1n) is 23.6. The van der Waals surface area contributed by atoms with Gasteiger partial charge in [-0.05, 0) is 171 Å². The van der Waals surface area contributed by atoms with Crippen LogP contribution < -0.4 is 5.73 Å². The van der Waals surface area contributed by atoms with E-state index < -0.39 is 0 Å². The van der Waals surface area contributed by atoms with E-state index in [0.717, 1.165) is 43.9 Å². The Kier molecular flexibility index (Phi) is 17.4. The van der Waals surface area contributed by atoms with Gasteiger partial charge >= 0.3 is 0 Å². The van der Waals surface area contributed by atoms with Crippen molar-refractivity contribution in [2.45, 2.75) is 204 Å². The van der Waals surface area contributed by atoms with Gasteiger partial charge in [0.2, 0.25) is 0 Å². The molecule has 3 N–H and O–H groups in total. The molecule has 2 aliphatic rings. The lowest BCUT2D eigenvalue weighted by Crippen LogP contribution is -2.37. The number of nitrogens with two attached hydrogens (primary N) is 1. The van der Waals surface area contributed by atoms with Crippen LogP contribution in [0.3, 0.4) is 0 Å². The molecule has 0 aliphatic heterocycles. The second kappa shape index (κ2) is 20.9. The summed E-state index contributed by atoms with van der Waals surface area (Å²) >= 11 is 0. The molecule has 2 aromatic carbocycles. The molecule has 0 saturated heterocycles. The molecule has 6 unspecified atom stereocenters. The van der Waals surface area contributed by atoms with Crippen LogP contribution in [0.1, 0.15) is 197 Å². The van der Waals surface area contributed by atoms with Crippen LogP contribution in [0.15, 0.2) is 54.1 Å². The second-order valence-corrected chi connectivity index (χ2v) is 22.3.